The molecule has 13 heavy (non-hydrogen) atoms. The second kappa shape index (κ2) is 4.97. The van der Waals surface area contributed by atoms with Crippen LogP contribution in [-0.4, -0.2) is 37.1 Å². The van der Waals surface area contributed by atoms with Gasteiger partial charge >= 0.3 is 0 Å². The van der Waals surface area contributed by atoms with Crippen molar-refractivity contribution in [3.05, 3.63) is 0 Å². The summed E-state index contributed by atoms with van der Waals surface area (Å²) in [6.07, 6.45) is 2.68. The molecule has 1 rings (SSSR count). The van der Waals surface area contributed by atoms with E-state index in [9.17, 15) is 0 Å². The van der Waals surface area contributed by atoms with Crippen LogP contribution in [0.5, 0.6) is 0 Å². The molecule has 0 aromatic rings. The van der Waals surface area contributed by atoms with Crippen LogP contribution in [0.15, 0.2) is 0 Å². The number of nitrogens with one attached hydrogen (secondary N) is 1. The zero-order chi connectivity index (χ0) is 9.84. The van der Waals surface area contributed by atoms with Crippen molar-refractivity contribution < 1.29 is 0 Å². The minimum absolute atomic E-state index is 0.621. The molecule has 1 aliphatic heterocycles. The van der Waals surface area contributed by atoms with Crippen molar-refractivity contribution in [1.29, 1.82) is 0 Å². The van der Waals surface area contributed by atoms with Crippen LogP contribution >= 0.6 is 0 Å². The molecule has 1 fully saturated rings. The predicted molar refractivity (Wildman–Crippen MR) is 58.0 cm³/mol. The molecule has 1 aliphatic rings. The highest BCUT2D eigenvalue weighted by atomic mass is 15.1. The van der Waals surface area contributed by atoms with Crippen LogP contribution in [0.4, 0.5) is 0 Å². The van der Waals surface area contributed by atoms with E-state index in [2.05, 4.69) is 38.0 Å². The second-order valence-corrected chi connectivity index (χ2v) is 4.81. The first-order valence-electron chi connectivity index (χ1n) is 5.54. The highest BCUT2D eigenvalue weighted by Gasteiger charge is 2.21. The lowest BCUT2D eigenvalue weighted by molar-refractivity contribution is 0.278. The fraction of sp³-hybridized carbons (Fsp3) is 1.00. The van der Waals surface area contributed by atoms with Crippen molar-refractivity contribution in [1.82, 2.24) is 10.2 Å². The van der Waals surface area contributed by atoms with Gasteiger partial charge in [-0.15, -0.1) is 0 Å². The van der Waals surface area contributed by atoms with Crippen LogP contribution in [0.1, 0.15) is 33.6 Å². The molecule has 0 bridgehead atoms. The Bertz CT molecular complexity index is 145. The van der Waals surface area contributed by atoms with E-state index in [4.69, 9.17) is 0 Å². The minimum atomic E-state index is 0.621. The average molecular weight is 184 g/mol. The monoisotopic (exact) mass is 184 g/mol. The molecule has 0 radical (unpaired) electrons. The molecule has 2 heteroatoms. The molecule has 78 valence electrons. The van der Waals surface area contributed by atoms with Gasteiger partial charge in [-0.2, -0.15) is 0 Å². The van der Waals surface area contributed by atoms with Crippen LogP contribution < -0.4 is 5.32 Å². The summed E-state index contributed by atoms with van der Waals surface area (Å²) in [5, 5.41) is 3.67. The number of hydrogen-bond donors (Lipinski definition) is 1. The van der Waals surface area contributed by atoms with E-state index >= 15 is 0 Å². The lowest BCUT2D eigenvalue weighted by Gasteiger charge is -2.26. The zero-order valence-electron chi connectivity index (χ0n) is 9.51. The molecule has 0 aromatic heterocycles. The molecule has 0 aliphatic carbocycles. The molecule has 0 saturated carbocycles. The third-order valence-electron chi connectivity index (χ3n) is 2.89. The van der Waals surface area contributed by atoms with Gasteiger partial charge in [0.2, 0.25) is 0 Å². The molecule has 0 spiro atoms. The quantitative estimate of drug-likeness (QED) is 0.703. The first kappa shape index (κ1) is 11.0. The summed E-state index contributed by atoms with van der Waals surface area (Å²) < 4.78 is 0. The van der Waals surface area contributed by atoms with Crippen LogP contribution in [0, 0.1) is 5.92 Å². The topological polar surface area (TPSA) is 15.3 Å². The second-order valence-electron chi connectivity index (χ2n) is 4.81. The highest BCUT2D eigenvalue weighted by molar-refractivity contribution is 4.80. The predicted octanol–water partition coefficient (Wildman–Crippen LogP) is 1.71. The first-order valence-corrected chi connectivity index (χ1v) is 5.54. The molecule has 1 heterocycles. The van der Waals surface area contributed by atoms with E-state index in [0.717, 1.165) is 12.0 Å². The third kappa shape index (κ3) is 3.65. The Balaban J connectivity index is 2.43. The smallest absolute Gasteiger partial charge is 0.0108 e. The maximum Gasteiger partial charge on any atom is 0.0108 e. The van der Waals surface area contributed by atoms with Gasteiger partial charge in [-0.3, -0.25) is 0 Å². The minimum Gasteiger partial charge on any atom is -0.311 e. The van der Waals surface area contributed by atoms with E-state index < -0.39 is 0 Å². The SMILES string of the molecule is CC(C)NC1CCCN(C)C[C@@H]1C. The van der Waals surface area contributed by atoms with E-state index in [0.29, 0.717) is 6.04 Å². The fourth-order valence-corrected chi connectivity index (χ4v) is 2.25. The summed E-state index contributed by atoms with van der Waals surface area (Å²) in [6, 6.07) is 1.35. The van der Waals surface area contributed by atoms with E-state index in [1.807, 2.05) is 0 Å². The van der Waals surface area contributed by atoms with Crippen LogP contribution in [-0.2, 0) is 0 Å². The van der Waals surface area contributed by atoms with Crippen molar-refractivity contribution >= 4 is 0 Å². The standard InChI is InChI=1S/C11H24N2/c1-9(2)12-11-6-5-7-13(4)8-10(11)3/h9-12H,5-8H2,1-4H3/t10-,11?/m0/s1. The largest absolute Gasteiger partial charge is 0.311 e. The van der Waals surface area contributed by atoms with Gasteiger partial charge in [-0.25, -0.2) is 0 Å². The lowest BCUT2D eigenvalue weighted by atomic mass is 9.98. The molecule has 0 amide bonds. The normalized spacial score (nSPS) is 32.1. The third-order valence-corrected chi connectivity index (χ3v) is 2.89. The molecule has 2 nitrogen and oxygen atoms in total. The maximum absolute atomic E-state index is 3.67. The van der Waals surface area contributed by atoms with Crippen molar-refractivity contribution in [2.24, 2.45) is 5.92 Å². The summed E-state index contributed by atoms with van der Waals surface area (Å²) in [5.74, 6) is 0.787. The fourth-order valence-electron chi connectivity index (χ4n) is 2.25. The lowest BCUT2D eigenvalue weighted by Crippen LogP contribution is -2.41. The van der Waals surface area contributed by atoms with Crippen LogP contribution in [0.25, 0.3) is 0 Å². The van der Waals surface area contributed by atoms with E-state index in [-0.39, 0.29) is 0 Å². The Morgan fingerprint density at radius 2 is 2.08 bits per heavy atom. The average Bonchev–Trinajstić information content (AvgIpc) is 2.13. The van der Waals surface area contributed by atoms with Gasteiger partial charge in [0, 0.05) is 18.6 Å². The van der Waals surface area contributed by atoms with Gasteiger partial charge in [0.05, 0.1) is 0 Å². The number of likely N-dealkylation sites (tertiary alicyclic amines) is 1. The summed E-state index contributed by atoms with van der Waals surface area (Å²) in [4.78, 5) is 2.45. The van der Waals surface area contributed by atoms with E-state index in [1.165, 1.54) is 25.9 Å². The van der Waals surface area contributed by atoms with Gasteiger partial charge in [0.1, 0.15) is 0 Å². The Labute approximate surface area is 82.7 Å². The molecular formula is C11H24N2. The molecule has 1 saturated heterocycles. The summed E-state index contributed by atoms with van der Waals surface area (Å²) >= 11 is 0. The highest BCUT2D eigenvalue weighted by Crippen LogP contribution is 2.16. The van der Waals surface area contributed by atoms with Gasteiger partial charge in [0.15, 0.2) is 0 Å². The molecule has 1 N–H and O–H groups in total. The Kier molecular flexibility index (Phi) is 4.20. The summed E-state index contributed by atoms with van der Waals surface area (Å²) in [6.45, 7) is 9.34. The molecule has 0 aromatic carbocycles. The van der Waals surface area contributed by atoms with Crippen LogP contribution in [0.3, 0.4) is 0 Å². The first-order chi connectivity index (χ1) is 6.09. The summed E-state index contributed by atoms with van der Waals surface area (Å²) in [5.41, 5.74) is 0. The van der Waals surface area contributed by atoms with E-state index in [1.54, 1.807) is 0 Å². The van der Waals surface area contributed by atoms with Gasteiger partial charge in [0.25, 0.3) is 0 Å². The number of rotatable bonds is 2. The Hall–Kier alpha value is -0.0800. The number of hydrogen-bond acceptors (Lipinski definition) is 2. The van der Waals surface area contributed by atoms with Crippen molar-refractivity contribution in [3.63, 3.8) is 0 Å². The Morgan fingerprint density at radius 3 is 2.69 bits per heavy atom. The van der Waals surface area contributed by atoms with Crippen molar-refractivity contribution in [2.45, 2.75) is 45.7 Å². The zero-order valence-corrected chi connectivity index (χ0v) is 9.51. The van der Waals surface area contributed by atoms with Gasteiger partial charge in [-0.05, 0) is 32.4 Å². The van der Waals surface area contributed by atoms with Crippen LogP contribution in [0.2, 0.25) is 0 Å². The molecule has 2 atom stereocenters. The Morgan fingerprint density at radius 1 is 1.38 bits per heavy atom. The maximum atomic E-state index is 3.67. The number of nitrogens with zero attached hydrogens (tertiary/aromatic N) is 1. The van der Waals surface area contributed by atoms with Crippen molar-refractivity contribution in [3.8, 4) is 0 Å². The van der Waals surface area contributed by atoms with Crippen molar-refractivity contribution in [2.75, 3.05) is 20.1 Å². The van der Waals surface area contributed by atoms with Gasteiger partial charge < -0.3 is 10.2 Å². The summed E-state index contributed by atoms with van der Waals surface area (Å²) in [7, 11) is 2.23. The molecule has 1 unspecified atom stereocenters. The molecular weight excluding hydrogens is 160 g/mol. The van der Waals surface area contributed by atoms with Gasteiger partial charge in [-0.1, -0.05) is 20.8 Å².